The van der Waals surface area contributed by atoms with E-state index < -0.39 is 6.61 Å². The van der Waals surface area contributed by atoms with Gasteiger partial charge in [-0.15, -0.1) is 24.0 Å². The summed E-state index contributed by atoms with van der Waals surface area (Å²) in [5.74, 6) is 1.52. The number of alkyl halides is 2. The maximum atomic E-state index is 12.5. The third-order valence-corrected chi connectivity index (χ3v) is 3.35. The maximum absolute atomic E-state index is 12.5. The number of nitrogens with zero attached hydrogens (tertiary/aromatic N) is 4. The van der Waals surface area contributed by atoms with Gasteiger partial charge in [0.15, 0.2) is 17.5 Å². The SMILES string of the molecule is CN=C(NCc1ccc(OC)c(OC(F)F)c1)NCc1ncnn1C.I. The van der Waals surface area contributed by atoms with Crippen LogP contribution in [0.3, 0.4) is 0 Å². The molecule has 2 N–H and O–H groups in total. The Morgan fingerprint density at radius 2 is 2.00 bits per heavy atom. The van der Waals surface area contributed by atoms with Gasteiger partial charge in [0, 0.05) is 20.6 Å². The van der Waals surface area contributed by atoms with Crippen molar-refractivity contribution in [3.8, 4) is 11.5 Å². The predicted octanol–water partition coefficient (Wildman–Crippen LogP) is 1.91. The van der Waals surface area contributed by atoms with E-state index in [9.17, 15) is 8.78 Å². The molecule has 1 heterocycles. The Hall–Kier alpha value is -2.18. The van der Waals surface area contributed by atoms with E-state index >= 15 is 0 Å². The van der Waals surface area contributed by atoms with Gasteiger partial charge in [-0.25, -0.2) is 4.98 Å². The molecule has 0 atom stereocenters. The summed E-state index contributed by atoms with van der Waals surface area (Å²) in [5, 5.41) is 10.2. The standard InChI is InChI=1S/C15H20F2N6O2.HI/c1-18-15(20-8-13-21-9-22-23(13)2)19-7-10-4-5-11(24-3)12(6-10)25-14(16)17;/h4-6,9,14H,7-8H2,1-3H3,(H2,18,19,20);1H. The minimum Gasteiger partial charge on any atom is -0.493 e. The molecule has 0 bridgehead atoms. The lowest BCUT2D eigenvalue weighted by molar-refractivity contribution is -0.0512. The molecule has 0 aliphatic heterocycles. The van der Waals surface area contributed by atoms with Gasteiger partial charge in [-0.05, 0) is 17.7 Å². The van der Waals surface area contributed by atoms with Crippen molar-refractivity contribution in [2.24, 2.45) is 12.0 Å². The van der Waals surface area contributed by atoms with E-state index in [1.165, 1.54) is 19.5 Å². The van der Waals surface area contributed by atoms with Crippen LogP contribution in [0.1, 0.15) is 11.4 Å². The Bertz CT molecular complexity index is 726. The Balaban J connectivity index is 0.00000338. The van der Waals surface area contributed by atoms with E-state index in [1.54, 1.807) is 30.9 Å². The van der Waals surface area contributed by atoms with E-state index in [1.807, 2.05) is 0 Å². The molecule has 0 unspecified atom stereocenters. The van der Waals surface area contributed by atoms with Crippen LogP contribution in [0.4, 0.5) is 8.78 Å². The van der Waals surface area contributed by atoms with Crippen LogP contribution in [0.15, 0.2) is 29.5 Å². The zero-order chi connectivity index (χ0) is 18.2. The molecule has 0 aliphatic rings. The summed E-state index contributed by atoms with van der Waals surface area (Å²) in [4.78, 5) is 8.20. The summed E-state index contributed by atoms with van der Waals surface area (Å²) in [6.07, 6.45) is 1.47. The number of aliphatic imine (C=N–C) groups is 1. The van der Waals surface area contributed by atoms with Gasteiger partial charge in [0.1, 0.15) is 12.2 Å². The van der Waals surface area contributed by atoms with Crippen LogP contribution in [0, 0.1) is 0 Å². The lowest BCUT2D eigenvalue weighted by atomic mass is 10.2. The first-order chi connectivity index (χ1) is 12.0. The van der Waals surface area contributed by atoms with Gasteiger partial charge in [0.2, 0.25) is 0 Å². The molecule has 144 valence electrons. The highest BCUT2D eigenvalue weighted by atomic mass is 127. The summed E-state index contributed by atoms with van der Waals surface area (Å²) in [5.41, 5.74) is 0.734. The number of aromatic nitrogens is 3. The summed E-state index contributed by atoms with van der Waals surface area (Å²) in [7, 11) is 4.82. The van der Waals surface area contributed by atoms with Crippen molar-refractivity contribution >= 4 is 29.9 Å². The van der Waals surface area contributed by atoms with E-state index in [-0.39, 0.29) is 35.5 Å². The number of nitrogens with one attached hydrogen (secondary N) is 2. The molecule has 0 radical (unpaired) electrons. The molecule has 8 nitrogen and oxygen atoms in total. The second kappa shape index (κ2) is 10.7. The van der Waals surface area contributed by atoms with Crippen molar-refractivity contribution in [2.45, 2.75) is 19.7 Å². The number of methoxy groups -OCH3 is 1. The molecule has 0 aliphatic carbocycles. The topological polar surface area (TPSA) is 85.6 Å². The third-order valence-electron chi connectivity index (χ3n) is 3.35. The first-order valence-electron chi connectivity index (χ1n) is 7.42. The van der Waals surface area contributed by atoms with Crippen LogP contribution in [-0.2, 0) is 20.1 Å². The van der Waals surface area contributed by atoms with Gasteiger partial charge in [-0.1, -0.05) is 6.07 Å². The summed E-state index contributed by atoms with van der Waals surface area (Å²) >= 11 is 0. The second-order valence-corrected chi connectivity index (χ2v) is 4.94. The number of halogens is 3. The normalized spacial score (nSPS) is 11.1. The van der Waals surface area contributed by atoms with Gasteiger partial charge in [0.05, 0.1) is 13.7 Å². The molecule has 1 aromatic heterocycles. The van der Waals surface area contributed by atoms with Crippen molar-refractivity contribution in [1.29, 1.82) is 0 Å². The molecule has 0 saturated heterocycles. The minimum absolute atomic E-state index is 0. The van der Waals surface area contributed by atoms with Gasteiger partial charge in [-0.3, -0.25) is 9.67 Å². The molecule has 2 aromatic rings. The first-order valence-corrected chi connectivity index (χ1v) is 7.42. The van der Waals surface area contributed by atoms with Crippen LogP contribution in [0.2, 0.25) is 0 Å². The van der Waals surface area contributed by atoms with Gasteiger partial charge >= 0.3 is 6.61 Å². The Kier molecular flexibility index (Phi) is 9.02. The third kappa shape index (κ3) is 6.28. The van der Waals surface area contributed by atoms with Crippen molar-refractivity contribution in [1.82, 2.24) is 25.4 Å². The molecule has 0 saturated carbocycles. The van der Waals surface area contributed by atoms with Crippen molar-refractivity contribution in [3.63, 3.8) is 0 Å². The number of hydrogen-bond acceptors (Lipinski definition) is 5. The summed E-state index contributed by atoms with van der Waals surface area (Å²) in [6, 6.07) is 4.82. The molecule has 11 heteroatoms. The maximum Gasteiger partial charge on any atom is 0.387 e. The average molecular weight is 482 g/mol. The van der Waals surface area contributed by atoms with Crippen molar-refractivity contribution in [2.75, 3.05) is 14.2 Å². The molecular formula is C15H21F2IN6O2. The lowest BCUT2D eigenvalue weighted by Gasteiger charge is -2.14. The fraction of sp³-hybridized carbons (Fsp3) is 0.400. The van der Waals surface area contributed by atoms with E-state index in [2.05, 4.69) is 30.4 Å². The predicted molar refractivity (Wildman–Crippen MR) is 103 cm³/mol. The zero-order valence-electron chi connectivity index (χ0n) is 14.6. The highest BCUT2D eigenvalue weighted by molar-refractivity contribution is 14.0. The van der Waals surface area contributed by atoms with Crippen LogP contribution >= 0.6 is 24.0 Å². The zero-order valence-corrected chi connectivity index (χ0v) is 16.9. The van der Waals surface area contributed by atoms with Crippen molar-refractivity contribution in [3.05, 3.63) is 35.9 Å². The molecule has 0 spiro atoms. The van der Waals surface area contributed by atoms with E-state index in [0.29, 0.717) is 19.0 Å². The van der Waals surface area contributed by atoms with Crippen LogP contribution in [-0.4, -0.2) is 41.5 Å². The summed E-state index contributed by atoms with van der Waals surface area (Å²) in [6.45, 7) is -2.11. The van der Waals surface area contributed by atoms with E-state index in [0.717, 1.165) is 11.4 Å². The number of guanidine groups is 1. The monoisotopic (exact) mass is 482 g/mol. The molecule has 0 amide bonds. The average Bonchev–Trinajstić information content (AvgIpc) is 3.00. The van der Waals surface area contributed by atoms with E-state index in [4.69, 9.17) is 4.74 Å². The van der Waals surface area contributed by atoms with Gasteiger partial charge < -0.3 is 20.1 Å². The number of rotatable bonds is 7. The van der Waals surface area contributed by atoms with Gasteiger partial charge in [0.25, 0.3) is 0 Å². The number of ether oxygens (including phenoxy) is 2. The van der Waals surface area contributed by atoms with Crippen molar-refractivity contribution < 1.29 is 18.3 Å². The fourth-order valence-electron chi connectivity index (χ4n) is 2.07. The minimum atomic E-state index is -2.92. The number of aryl methyl sites for hydroxylation is 1. The largest absolute Gasteiger partial charge is 0.493 e. The Labute approximate surface area is 167 Å². The summed E-state index contributed by atoms with van der Waals surface area (Å²) < 4.78 is 36.1. The Morgan fingerprint density at radius 3 is 2.58 bits per heavy atom. The van der Waals surface area contributed by atoms with Crippen LogP contribution < -0.4 is 20.1 Å². The Morgan fingerprint density at radius 1 is 1.27 bits per heavy atom. The number of hydrogen-bond donors (Lipinski definition) is 2. The highest BCUT2D eigenvalue weighted by Crippen LogP contribution is 2.29. The fourth-order valence-corrected chi connectivity index (χ4v) is 2.07. The van der Waals surface area contributed by atoms with Gasteiger partial charge in [-0.2, -0.15) is 13.9 Å². The van der Waals surface area contributed by atoms with Crippen LogP contribution in [0.25, 0.3) is 0 Å². The molecule has 0 fully saturated rings. The molecule has 2 rings (SSSR count). The smallest absolute Gasteiger partial charge is 0.387 e. The first kappa shape index (κ1) is 21.9. The number of benzene rings is 1. The molecular weight excluding hydrogens is 461 g/mol. The lowest BCUT2D eigenvalue weighted by Crippen LogP contribution is -2.36. The molecule has 26 heavy (non-hydrogen) atoms. The van der Waals surface area contributed by atoms with Crippen LogP contribution in [0.5, 0.6) is 11.5 Å². The highest BCUT2D eigenvalue weighted by Gasteiger charge is 2.11. The quantitative estimate of drug-likeness (QED) is 0.357. The second-order valence-electron chi connectivity index (χ2n) is 4.94. The molecule has 1 aromatic carbocycles.